The molecule has 1 nitrogen and oxygen atoms in total. The monoisotopic (exact) mass is 313 g/mol. The molecular formula is C16H18F3NS. The number of hydrogen-bond acceptors (Lipinski definition) is 2. The summed E-state index contributed by atoms with van der Waals surface area (Å²) in [5, 5.41) is 7.17. The number of rotatable bonds is 6. The molecule has 114 valence electrons. The molecule has 0 aliphatic rings. The lowest BCUT2D eigenvalue weighted by Gasteiger charge is -2.22. The van der Waals surface area contributed by atoms with Gasteiger partial charge in [0.15, 0.2) is 0 Å². The van der Waals surface area contributed by atoms with Crippen LogP contribution < -0.4 is 5.32 Å². The van der Waals surface area contributed by atoms with E-state index in [9.17, 15) is 13.2 Å². The van der Waals surface area contributed by atoms with Crippen molar-refractivity contribution >= 4 is 11.3 Å². The molecule has 1 aromatic heterocycles. The molecule has 0 spiro atoms. The Morgan fingerprint density at radius 2 is 1.95 bits per heavy atom. The van der Waals surface area contributed by atoms with Crippen LogP contribution in [0.5, 0.6) is 0 Å². The number of halogens is 3. The minimum Gasteiger partial charge on any atom is -0.310 e. The largest absolute Gasteiger partial charge is 0.416 e. The van der Waals surface area contributed by atoms with E-state index in [4.69, 9.17) is 0 Å². The fourth-order valence-corrected chi connectivity index (χ4v) is 3.00. The first-order valence-corrected chi connectivity index (χ1v) is 7.87. The average Bonchev–Trinajstić information content (AvgIpc) is 2.95. The second-order valence-electron chi connectivity index (χ2n) is 4.93. The van der Waals surface area contributed by atoms with Gasteiger partial charge in [0.05, 0.1) is 5.56 Å². The molecule has 2 rings (SSSR count). The Morgan fingerprint density at radius 1 is 1.19 bits per heavy atom. The Hall–Kier alpha value is -1.33. The van der Waals surface area contributed by atoms with E-state index < -0.39 is 11.7 Å². The predicted molar refractivity (Wildman–Crippen MR) is 80.5 cm³/mol. The Bertz CT molecular complexity index is 549. The molecule has 0 amide bonds. The van der Waals surface area contributed by atoms with Crippen molar-refractivity contribution in [1.29, 1.82) is 0 Å². The lowest BCUT2D eigenvalue weighted by Crippen LogP contribution is -2.26. The molecule has 0 aliphatic carbocycles. The minimum absolute atomic E-state index is 0.322. The van der Waals surface area contributed by atoms with E-state index in [0.29, 0.717) is 18.5 Å². The summed E-state index contributed by atoms with van der Waals surface area (Å²) in [6.45, 7) is 2.70. The van der Waals surface area contributed by atoms with Crippen molar-refractivity contribution in [3.63, 3.8) is 0 Å². The molecular weight excluding hydrogens is 295 g/mol. The van der Waals surface area contributed by atoms with E-state index in [-0.39, 0.29) is 6.04 Å². The molecule has 1 aromatic carbocycles. The summed E-state index contributed by atoms with van der Waals surface area (Å²) in [6, 6.07) is 7.47. The van der Waals surface area contributed by atoms with E-state index >= 15 is 0 Å². The average molecular weight is 313 g/mol. The first-order chi connectivity index (χ1) is 10.0. The lowest BCUT2D eigenvalue weighted by atomic mass is 9.95. The van der Waals surface area contributed by atoms with Gasteiger partial charge < -0.3 is 5.32 Å². The second kappa shape index (κ2) is 7.09. The third kappa shape index (κ3) is 4.32. The summed E-state index contributed by atoms with van der Waals surface area (Å²) >= 11 is 1.56. The SMILES string of the molecule is CCCNC(Cc1ccsc1)c1ccccc1C(F)(F)F. The summed E-state index contributed by atoms with van der Waals surface area (Å²) in [5.41, 5.74) is 0.837. The number of thiophene rings is 1. The van der Waals surface area contributed by atoms with Gasteiger partial charge in [-0.05, 0) is 53.4 Å². The highest BCUT2D eigenvalue weighted by molar-refractivity contribution is 7.07. The van der Waals surface area contributed by atoms with Crippen molar-refractivity contribution in [3.05, 3.63) is 57.8 Å². The van der Waals surface area contributed by atoms with Gasteiger partial charge in [0, 0.05) is 6.04 Å². The van der Waals surface area contributed by atoms with Crippen molar-refractivity contribution in [2.24, 2.45) is 0 Å². The number of nitrogens with one attached hydrogen (secondary N) is 1. The van der Waals surface area contributed by atoms with Gasteiger partial charge in [-0.3, -0.25) is 0 Å². The number of alkyl halides is 3. The normalized spacial score (nSPS) is 13.3. The third-order valence-electron chi connectivity index (χ3n) is 3.30. The summed E-state index contributed by atoms with van der Waals surface area (Å²) in [5.74, 6) is 0. The van der Waals surface area contributed by atoms with Crippen molar-refractivity contribution in [1.82, 2.24) is 5.32 Å². The second-order valence-corrected chi connectivity index (χ2v) is 5.71. The van der Waals surface area contributed by atoms with Crippen molar-refractivity contribution in [3.8, 4) is 0 Å². The quantitative estimate of drug-likeness (QED) is 0.787. The molecule has 0 radical (unpaired) electrons. The first kappa shape index (κ1) is 16.0. The predicted octanol–water partition coefficient (Wildman–Crippen LogP) is 5.05. The van der Waals surface area contributed by atoms with E-state index in [0.717, 1.165) is 18.1 Å². The van der Waals surface area contributed by atoms with Gasteiger partial charge in [-0.15, -0.1) is 0 Å². The molecule has 1 atom stereocenters. The Morgan fingerprint density at radius 3 is 2.57 bits per heavy atom. The van der Waals surface area contributed by atoms with Crippen LogP contribution in [0.4, 0.5) is 13.2 Å². The van der Waals surface area contributed by atoms with Crippen LogP contribution in [-0.4, -0.2) is 6.54 Å². The van der Waals surface area contributed by atoms with Crippen LogP contribution in [-0.2, 0) is 12.6 Å². The van der Waals surface area contributed by atoms with Crippen LogP contribution in [0.2, 0.25) is 0 Å². The summed E-state index contributed by atoms with van der Waals surface area (Å²) < 4.78 is 39.6. The Balaban J connectivity index is 2.32. The maximum atomic E-state index is 13.2. The fourth-order valence-electron chi connectivity index (χ4n) is 2.31. The van der Waals surface area contributed by atoms with Crippen molar-refractivity contribution in [2.45, 2.75) is 32.0 Å². The topological polar surface area (TPSA) is 12.0 Å². The van der Waals surface area contributed by atoms with Crippen LogP contribution in [0.25, 0.3) is 0 Å². The van der Waals surface area contributed by atoms with Gasteiger partial charge in [0.1, 0.15) is 0 Å². The Kier molecular flexibility index (Phi) is 5.42. The summed E-state index contributed by atoms with van der Waals surface area (Å²) in [7, 11) is 0. The zero-order valence-corrected chi connectivity index (χ0v) is 12.6. The molecule has 0 fully saturated rings. The van der Waals surface area contributed by atoms with Gasteiger partial charge in [-0.25, -0.2) is 0 Å². The molecule has 21 heavy (non-hydrogen) atoms. The third-order valence-corrected chi connectivity index (χ3v) is 4.03. The molecule has 1 N–H and O–H groups in total. The van der Waals surface area contributed by atoms with Crippen LogP contribution in [0.1, 0.15) is 36.1 Å². The van der Waals surface area contributed by atoms with Crippen molar-refractivity contribution in [2.75, 3.05) is 6.54 Å². The van der Waals surface area contributed by atoms with Gasteiger partial charge in [0.2, 0.25) is 0 Å². The van der Waals surface area contributed by atoms with E-state index in [1.54, 1.807) is 23.5 Å². The molecule has 0 saturated carbocycles. The smallest absolute Gasteiger partial charge is 0.310 e. The zero-order valence-electron chi connectivity index (χ0n) is 11.8. The molecule has 1 heterocycles. The van der Waals surface area contributed by atoms with Crippen LogP contribution in [0, 0.1) is 0 Å². The van der Waals surface area contributed by atoms with Crippen LogP contribution >= 0.6 is 11.3 Å². The first-order valence-electron chi connectivity index (χ1n) is 6.93. The van der Waals surface area contributed by atoms with Gasteiger partial charge >= 0.3 is 6.18 Å². The summed E-state index contributed by atoms with van der Waals surface area (Å²) in [4.78, 5) is 0. The molecule has 0 saturated heterocycles. The van der Waals surface area contributed by atoms with Crippen LogP contribution in [0.3, 0.4) is 0 Å². The number of hydrogen-bond donors (Lipinski definition) is 1. The fraction of sp³-hybridized carbons (Fsp3) is 0.375. The maximum Gasteiger partial charge on any atom is 0.416 e. The molecule has 2 aromatic rings. The van der Waals surface area contributed by atoms with Crippen molar-refractivity contribution < 1.29 is 13.2 Å². The van der Waals surface area contributed by atoms with E-state index in [1.165, 1.54) is 6.07 Å². The maximum absolute atomic E-state index is 13.2. The molecule has 5 heteroatoms. The zero-order chi connectivity index (χ0) is 15.3. The van der Waals surface area contributed by atoms with E-state index in [2.05, 4.69) is 5.32 Å². The standard InChI is InChI=1S/C16H18F3NS/c1-2-8-20-15(10-12-7-9-21-11-12)13-5-3-4-6-14(13)16(17,18)19/h3-7,9,11,15,20H,2,8,10H2,1H3. The molecule has 1 unspecified atom stereocenters. The molecule has 0 aliphatic heterocycles. The number of benzene rings is 1. The van der Waals surface area contributed by atoms with E-state index in [1.807, 2.05) is 23.8 Å². The highest BCUT2D eigenvalue weighted by atomic mass is 32.1. The minimum atomic E-state index is -4.32. The van der Waals surface area contributed by atoms with Crippen LogP contribution in [0.15, 0.2) is 41.1 Å². The lowest BCUT2D eigenvalue weighted by molar-refractivity contribution is -0.138. The highest BCUT2D eigenvalue weighted by Crippen LogP contribution is 2.35. The Labute approximate surface area is 126 Å². The van der Waals surface area contributed by atoms with Gasteiger partial charge in [-0.2, -0.15) is 24.5 Å². The summed E-state index contributed by atoms with van der Waals surface area (Å²) in [6.07, 6.45) is -2.87. The van der Waals surface area contributed by atoms with Gasteiger partial charge in [-0.1, -0.05) is 25.1 Å². The van der Waals surface area contributed by atoms with Gasteiger partial charge in [0.25, 0.3) is 0 Å². The molecule has 0 bridgehead atoms. The highest BCUT2D eigenvalue weighted by Gasteiger charge is 2.34.